The first-order valence-corrected chi connectivity index (χ1v) is 14.5. The molecule has 2 aromatic carbocycles. The van der Waals surface area contributed by atoms with Crippen LogP contribution < -0.4 is 5.32 Å². The third kappa shape index (κ3) is 4.71. The highest BCUT2D eigenvalue weighted by molar-refractivity contribution is 7.46. The summed E-state index contributed by atoms with van der Waals surface area (Å²) in [5, 5.41) is 4.77. The van der Waals surface area contributed by atoms with Gasteiger partial charge in [0.1, 0.15) is 6.73 Å². The van der Waals surface area contributed by atoms with Crippen molar-refractivity contribution in [2.45, 2.75) is 25.6 Å². The molecular formula is C28H29N4O7P. The zero-order valence-electron chi connectivity index (χ0n) is 21.8. The van der Waals surface area contributed by atoms with E-state index in [-0.39, 0.29) is 17.3 Å². The van der Waals surface area contributed by atoms with Crippen molar-refractivity contribution in [3.63, 3.8) is 0 Å². The molecule has 2 amide bonds. The minimum atomic E-state index is -4.94. The highest BCUT2D eigenvalue weighted by Crippen LogP contribution is 2.43. The number of para-hydroxylation sites is 2. The molecule has 208 valence electrons. The highest BCUT2D eigenvalue weighted by atomic mass is 31.2. The van der Waals surface area contributed by atoms with Crippen LogP contribution in [0.2, 0.25) is 0 Å². The van der Waals surface area contributed by atoms with E-state index in [0.717, 1.165) is 33.1 Å². The number of aromatic nitrogens is 2. The lowest BCUT2D eigenvalue weighted by Crippen LogP contribution is -2.33. The van der Waals surface area contributed by atoms with Crippen molar-refractivity contribution < 1.29 is 33.2 Å². The van der Waals surface area contributed by atoms with Crippen molar-refractivity contribution in [1.29, 1.82) is 0 Å². The SMILES string of the molecule is CNCC1CCn2cc(c3ccccc32)C2=C(C(=O)N(COP(=O)(O)O)C2=O)c2cn(c3ccccc23)CCO1. The lowest BCUT2D eigenvalue weighted by Gasteiger charge is -2.19. The molecule has 0 saturated heterocycles. The topological polar surface area (TPSA) is 135 Å². The van der Waals surface area contributed by atoms with Crippen LogP contribution in [0, 0.1) is 0 Å². The molecule has 2 aliphatic rings. The maximum Gasteiger partial charge on any atom is 0.471 e. The fraction of sp³-hybridized carbons (Fsp3) is 0.286. The Bertz CT molecular complexity index is 1720. The van der Waals surface area contributed by atoms with Gasteiger partial charge in [0.2, 0.25) is 0 Å². The minimum Gasteiger partial charge on any atom is -0.375 e. The van der Waals surface area contributed by atoms with Crippen LogP contribution in [0.5, 0.6) is 0 Å². The summed E-state index contributed by atoms with van der Waals surface area (Å²) in [6.45, 7) is 1.41. The number of ether oxygens (including phenoxy) is 1. The van der Waals surface area contributed by atoms with E-state index in [1.54, 1.807) is 0 Å². The standard InChI is InChI=1S/C28H29N4O7P/c1-29-14-18-10-11-30-15-21(19-6-2-4-8-23(19)30)25-26(28(34)32(27(25)33)17-39-40(35,36)37)22-16-31(12-13-38-18)24-9-5-3-7-20(22)24/h2-9,15-16,18,29H,10-14,17H2,1H3,(H2,35,36,37). The Morgan fingerprint density at radius 2 is 1.48 bits per heavy atom. The Balaban J connectivity index is 1.60. The second-order valence-electron chi connectivity index (χ2n) is 9.88. The van der Waals surface area contributed by atoms with Crippen LogP contribution in [-0.2, 0) is 36.5 Å². The molecule has 0 aliphatic carbocycles. The third-order valence-electron chi connectivity index (χ3n) is 7.45. The summed E-state index contributed by atoms with van der Waals surface area (Å²) in [5.74, 6) is -1.35. The van der Waals surface area contributed by atoms with E-state index in [1.807, 2.05) is 72.5 Å². The quantitative estimate of drug-likeness (QED) is 0.249. The predicted octanol–water partition coefficient (Wildman–Crippen LogP) is 2.95. The lowest BCUT2D eigenvalue weighted by atomic mass is 9.95. The van der Waals surface area contributed by atoms with Crippen molar-refractivity contribution in [3.05, 3.63) is 72.1 Å². The molecule has 3 N–H and O–H groups in total. The summed E-state index contributed by atoms with van der Waals surface area (Å²) in [4.78, 5) is 47.1. The third-order valence-corrected chi connectivity index (χ3v) is 7.90. The summed E-state index contributed by atoms with van der Waals surface area (Å²) in [6, 6.07) is 15.3. The Morgan fingerprint density at radius 1 is 0.925 bits per heavy atom. The van der Waals surface area contributed by atoms with Gasteiger partial charge in [-0.1, -0.05) is 36.4 Å². The Kier molecular flexibility index (Phi) is 6.95. The molecule has 1 unspecified atom stereocenters. The van der Waals surface area contributed by atoms with Crippen LogP contribution in [0.3, 0.4) is 0 Å². The number of amides is 2. The highest BCUT2D eigenvalue weighted by Gasteiger charge is 2.42. The lowest BCUT2D eigenvalue weighted by molar-refractivity contribution is -0.139. The number of nitrogens with zero attached hydrogens (tertiary/aromatic N) is 3. The molecule has 1 atom stereocenters. The van der Waals surface area contributed by atoms with E-state index >= 15 is 0 Å². The second kappa shape index (κ2) is 10.4. The molecule has 6 rings (SSSR count). The number of hydrogen-bond acceptors (Lipinski definition) is 6. The smallest absolute Gasteiger partial charge is 0.375 e. The first kappa shape index (κ1) is 26.6. The molecule has 0 radical (unpaired) electrons. The summed E-state index contributed by atoms with van der Waals surface area (Å²) >= 11 is 0. The second-order valence-corrected chi connectivity index (χ2v) is 11.1. The number of aryl methyl sites for hydroxylation is 1. The van der Waals surface area contributed by atoms with Crippen molar-refractivity contribution in [2.24, 2.45) is 0 Å². The molecule has 0 spiro atoms. The van der Waals surface area contributed by atoms with Crippen LogP contribution in [0.4, 0.5) is 0 Å². The van der Waals surface area contributed by atoms with E-state index in [9.17, 15) is 23.9 Å². The molecule has 11 nitrogen and oxygen atoms in total. The normalized spacial score (nSPS) is 18.6. The van der Waals surface area contributed by atoms with Gasteiger partial charge in [0.05, 0.1) is 23.9 Å². The number of phosphoric ester groups is 1. The fourth-order valence-electron chi connectivity index (χ4n) is 5.66. The van der Waals surface area contributed by atoms with Gasteiger partial charge in [0, 0.05) is 65.0 Å². The van der Waals surface area contributed by atoms with Gasteiger partial charge < -0.3 is 29.0 Å². The summed E-state index contributed by atoms with van der Waals surface area (Å²) in [7, 11) is -3.05. The number of hydrogen-bond donors (Lipinski definition) is 3. The zero-order chi connectivity index (χ0) is 28.0. The van der Waals surface area contributed by atoms with Gasteiger partial charge in [-0.15, -0.1) is 0 Å². The van der Waals surface area contributed by atoms with Gasteiger partial charge in [-0.05, 0) is 25.6 Å². The number of nitrogens with one attached hydrogen (secondary N) is 1. The van der Waals surface area contributed by atoms with Crippen LogP contribution in [0.1, 0.15) is 17.5 Å². The van der Waals surface area contributed by atoms with Gasteiger partial charge in [0.25, 0.3) is 11.8 Å². The number of fused-ring (bicyclic) bond motifs is 12. The van der Waals surface area contributed by atoms with E-state index in [1.165, 1.54) is 0 Å². The van der Waals surface area contributed by atoms with Gasteiger partial charge in [-0.25, -0.2) is 9.46 Å². The molecule has 4 bridgehead atoms. The number of benzene rings is 2. The molecule has 40 heavy (non-hydrogen) atoms. The van der Waals surface area contributed by atoms with Crippen molar-refractivity contribution in [1.82, 2.24) is 19.4 Å². The van der Waals surface area contributed by atoms with Crippen molar-refractivity contribution >= 4 is 52.6 Å². The van der Waals surface area contributed by atoms with Gasteiger partial charge in [-0.3, -0.25) is 14.1 Å². The molecule has 4 heterocycles. The van der Waals surface area contributed by atoms with Gasteiger partial charge >= 0.3 is 7.82 Å². The molecule has 2 aliphatic heterocycles. The van der Waals surface area contributed by atoms with E-state index in [2.05, 4.69) is 14.4 Å². The molecular weight excluding hydrogens is 535 g/mol. The van der Waals surface area contributed by atoms with Crippen molar-refractivity contribution in [2.75, 3.05) is 26.9 Å². The van der Waals surface area contributed by atoms with Gasteiger partial charge in [0.15, 0.2) is 0 Å². The average Bonchev–Trinajstić information content (AvgIpc) is 3.55. The maximum atomic E-state index is 13.9. The Morgan fingerprint density at radius 3 is 2.02 bits per heavy atom. The number of rotatable bonds is 5. The average molecular weight is 565 g/mol. The van der Waals surface area contributed by atoms with E-state index in [0.29, 0.717) is 37.4 Å². The van der Waals surface area contributed by atoms with E-state index < -0.39 is 26.4 Å². The number of carbonyl (C=O) groups excluding carboxylic acids is 2. The molecule has 4 aromatic rings. The fourth-order valence-corrected chi connectivity index (χ4v) is 5.93. The predicted molar refractivity (Wildman–Crippen MR) is 149 cm³/mol. The van der Waals surface area contributed by atoms with Crippen LogP contribution in [0.25, 0.3) is 33.0 Å². The largest absolute Gasteiger partial charge is 0.471 e. The Labute approximate surface area is 229 Å². The monoisotopic (exact) mass is 564 g/mol. The Hall–Kier alpha value is -3.57. The van der Waals surface area contributed by atoms with Crippen LogP contribution in [-0.4, -0.2) is 68.7 Å². The molecule has 0 saturated carbocycles. The molecule has 0 fully saturated rings. The number of phosphoric acid groups is 1. The summed E-state index contributed by atoms with van der Waals surface area (Å²) < 4.78 is 26.4. The first-order chi connectivity index (χ1) is 19.3. The molecule has 12 heteroatoms. The van der Waals surface area contributed by atoms with Crippen molar-refractivity contribution in [3.8, 4) is 0 Å². The minimum absolute atomic E-state index is 0.0383. The summed E-state index contributed by atoms with van der Waals surface area (Å²) in [5.41, 5.74) is 3.25. The zero-order valence-corrected chi connectivity index (χ0v) is 22.7. The number of imide groups is 1. The van der Waals surface area contributed by atoms with Crippen LogP contribution >= 0.6 is 7.82 Å². The maximum absolute atomic E-state index is 13.9. The van der Waals surface area contributed by atoms with Gasteiger partial charge in [-0.2, -0.15) is 0 Å². The van der Waals surface area contributed by atoms with E-state index in [4.69, 9.17) is 4.74 Å². The number of likely N-dealkylation sites (N-methyl/N-ethyl adjacent to an activating group) is 1. The summed E-state index contributed by atoms with van der Waals surface area (Å²) in [6.07, 6.45) is 4.40. The van der Waals surface area contributed by atoms with Crippen LogP contribution in [0.15, 0.2) is 60.9 Å². The molecule has 2 aromatic heterocycles. The first-order valence-electron chi connectivity index (χ1n) is 13.0. The number of carbonyl (C=O) groups is 2.